The number of hydrogen-bond acceptors (Lipinski definition) is 9. The Kier molecular flexibility index (Phi) is 10.4. The van der Waals surface area contributed by atoms with Gasteiger partial charge in [-0.3, -0.25) is 0 Å². The quantitative estimate of drug-likeness (QED) is 0.250. The molecule has 0 atom stereocenters. The standard InChI is InChI=1S/C5H11NO5.C5H11NO4/c6-4(10)11-5(1-7,2-8)3-9;1-5(2-7,3-8)10-4(6)9/h7-9H,1-3H2,(H2,6,10);7-8H,2-3H2,1H3,(H2,6,9). The number of rotatable bonds is 7. The fourth-order valence-corrected chi connectivity index (χ4v) is 0.818. The second-order valence-electron chi connectivity index (χ2n) is 4.27. The average molecular weight is 314 g/mol. The Bertz CT molecular complexity index is 307. The van der Waals surface area contributed by atoms with Gasteiger partial charge in [-0.1, -0.05) is 0 Å². The molecule has 0 spiro atoms. The molecular formula is C10H22N2O9. The number of aliphatic hydroxyl groups excluding tert-OH is 5. The lowest BCUT2D eigenvalue weighted by atomic mass is 10.1. The van der Waals surface area contributed by atoms with E-state index in [9.17, 15) is 9.59 Å². The third-order valence-corrected chi connectivity index (χ3v) is 2.20. The highest BCUT2D eigenvalue weighted by atomic mass is 16.6. The summed E-state index contributed by atoms with van der Waals surface area (Å²) in [5.41, 5.74) is 6.34. The zero-order valence-corrected chi connectivity index (χ0v) is 11.6. The van der Waals surface area contributed by atoms with E-state index in [2.05, 4.69) is 20.9 Å². The molecule has 11 heteroatoms. The lowest BCUT2D eigenvalue weighted by Gasteiger charge is -2.25. The van der Waals surface area contributed by atoms with Crippen LogP contribution in [0.3, 0.4) is 0 Å². The zero-order valence-electron chi connectivity index (χ0n) is 11.6. The molecule has 0 rings (SSSR count). The molecule has 0 bridgehead atoms. The van der Waals surface area contributed by atoms with Gasteiger partial charge in [-0.2, -0.15) is 0 Å². The Morgan fingerprint density at radius 2 is 1.14 bits per heavy atom. The van der Waals surface area contributed by atoms with E-state index in [-0.39, 0.29) is 0 Å². The minimum Gasteiger partial charge on any atom is -0.438 e. The van der Waals surface area contributed by atoms with Crippen LogP contribution in [0.25, 0.3) is 0 Å². The van der Waals surface area contributed by atoms with Crippen LogP contribution in [0.4, 0.5) is 9.59 Å². The van der Waals surface area contributed by atoms with Crippen molar-refractivity contribution in [3.05, 3.63) is 0 Å². The van der Waals surface area contributed by atoms with Crippen molar-refractivity contribution in [2.24, 2.45) is 11.5 Å². The van der Waals surface area contributed by atoms with E-state index in [1.807, 2.05) is 0 Å². The monoisotopic (exact) mass is 314 g/mol. The average Bonchev–Trinajstić information content (AvgIpc) is 2.44. The van der Waals surface area contributed by atoms with E-state index in [0.29, 0.717) is 0 Å². The smallest absolute Gasteiger partial charge is 0.405 e. The summed E-state index contributed by atoms with van der Waals surface area (Å²) in [5, 5.41) is 42.8. The maximum Gasteiger partial charge on any atom is 0.405 e. The number of ether oxygens (including phenoxy) is 2. The molecule has 0 fully saturated rings. The lowest BCUT2D eigenvalue weighted by molar-refractivity contribution is -0.0905. The first-order valence-electron chi connectivity index (χ1n) is 5.65. The van der Waals surface area contributed by atoms with Crippen molar-refractivity contribution in [1.29, 1.82) is 0 Å². The van der Waals surface area contributed by atoms with E-state index in [1.165, 1.54) is 6.92 Å². The first kappa shape index (κ1) is 21.6. The number of carbonyl (C=O) groups is 2. The van der Waals surface area contributed by atoms with E-state index in [1.54, 1.807) is 0 Å². The number of nitrogens with two attached hydrogens (primary N) is 2. The van der Waals surface area contributed by atoms with Gasteiger partial charge in [0, 0.05) is 0 Å². The van der Waals surface area contributed by atoms with E-state index < -0.39 is 56.4 Å². The van der Waals surface area contributed by atoms with Gasteiger partial charge in [0.25, 0.3) is 0 Å². The summed E-state index contributed by atoms with van der Waals surface area (Å²) in [4.78, 5) is 20.3. The van der Waals surface area contributed by atoms with Gasteiger partial charge in [0.2, 0.25) is 0 Å². The molecule has 0 heterocycles. The summed E-state index contributed by atoms with van der Waals surface area (Å²) in [6.07, 6.45) is -2.16. The summed E-state index contributed by atoms with van der Waals surface area (Å²) in [5.74, 6) is 0. The normalized spacial score (nSPS) is 11.1. The fourth-order valence-electron chi connectivity index (χ4n) is 0.818. The molecule has 21 heavy (non-hydrogen) atoms. The molecule has 2 amide bonds. The van der Waals surface area contributed by atoms with Crippen molar-refractivity contribution in [3.8, 4) is 0 Å². The van der Waals surface area contributed by atoms with Gasteiger partial charge < -0.3 is 46.5 Å². The van der Waals surface area contributed by atoms with Crippen LogP contribution < -0.4 is 11.5 Å². The molecule has 0 aromatic rings. The lowest BCUT2D eigenvalue weighted by Crippen LogP contribution is -2.47. The van der Waals surface area contributed by atoms with Gasteiger partial charge in [0.15, 0.2) is 11.2 Å². The van der Waals surface area contributed by atoms with Crippen LogP contribution in [0.5, 0.6) is 0 Å². The highest BCUT2D eigenvalue weighted by molar-refractivity contribution is 5.65. The SMILES string of the molecule is CC(CO)(CO)OC(N)=O.NC(=O)OC(CO)(CO)CO. The molecule has 11 nitrogen and oxygen atoms in total. The summed E-state index contributed by atoms with van der Waals surface area (Å²) < 4.78 is 8.65. The molecule has 0 aromatic carbocycles. The van der Waals surface area contributed by atoms with Crippen LogP contribution in [0.1, 0.15) is 6.92 Å². The van der Waals surface area contributed by atoms with Crippen LogP contribution in [-0.2, 0) is 9.47 Å². The summed E-state index contributed by atoms with van der Waals surface area (Å²) >= 11 is 0. The molecule has 0 unspecified atom stereocenters. The number of carbonyl (C=O) groups excluding carboxylic acids is 2. The van der Waals surface area contributed by atoms with Crippen LogP contribution in [-0.4, -0.2) is 82.0 Å². The van der Waals surface area contributed by atoms with E-state index in [4.69, 9.17) is 25.5 Å². The molecule has 0 saturated heterocycles. The van der Waals surface area contributed by atoms with Crippen molar-refractivity contribution in [2.45, 2.75) is 18.1 Å². The van der Waals surface area contributed by atoms with Gasteiger partial charge >= 0.3 is 12.2 Å². The maximum absolute atomic E-state index is 10.2. The molecule has 0 aliphatic heterocycles. The molecule has 9 N–H and O–H groups in total. The molecule has 0 aliphatic carbocycles. The van der Waals surface area contributed by atoms with Crippen LogP contribution in [0.15, 0.2) is 0 Å². The Labute approximate surface area is 120 Å². The Morgan fingerprint density at radius 1 is 0.810 bits per heavy atom. The number of primary amides is 2. The molecule has 126 valence electrons. The maximum atomic E-state index is 10.2. The first-order chi connectivity index (χ1) is 9.64. The zero-order chi connectivity index (χ0) is 17.1. The van der Waals surface area contributed by atoms with Crippen LogP contribution in [0, 0.1) is 0 Å². The first-order valence-corrected chi connectivity index (χ1v) is 5.65. The Hall–Kier alpha value is -1.66. The Morgan fingerprint density at radius 3 is 1.24 bits per heavy atom. The predicted octanol–water partition coefficient (Wildman–Crippen LogP) is -3.38. The minimum atomic E-state index is -1.66. The second kappa shape index (κ2) is 10.1. The highest BCUT2D eigenvalue weighted by Gasteiger charge is 2.31. The molecule has 0 aliphatic rings. The van der Waals surface area contributed by atoms with Crippen molar-refractivity contribution in [2.75, 3.05) is 33.0 Å². The third kappa shape index (κ3) is 8.99. The van der Waals surface area contributed by atoms with Gasteiger partial charge in [-0.15, -0.1) is 0 Å². The summed E-state index contributed by atoms with van der Waals surface area (Å²) in [7, 11) is 0. The van der Waals surface area contributed by atoms with Crippen LogP contribution in [0.2, 0.25) is 0 Å². The molecular weight excluding hydrogens is 292 g/mol. The van der Waals surface area contributed by atoms with Crippen molar-refractivity contribution in [1.82, 2.24) is 0 Å². The van der Waals surface area contributed by atoms with Crippen molar-refractivity contribution >= 4 is 12.2 Å². The summed E-state index contributed by atoms with van der Waals surface area (Å²) in [6, 6.07) is 0. The fraction of sp³-hybridized carbons (Fsp3) is 0.800. The van der Waals surface area contributed by atoms with Gasteiger partial charge in [0.05, 0.1) is 33.0 Å². The second-order valence-corrected chi connectivity index (χ2v) is 4.27. The molecule has 0 aromatic heterocycles. The largest absolute Gasteiger partial charge is 0.438 e. The number of hydrogen-bond donors (Lipinski definition) is 7. The van der Waals surface area contributed by atoms with Gasteiger partial charge in [-0.05, 0) is 6.92 Å². The minimum absolute atomic E-state index is 0.452. The summed E-state index contributed by atoms with van der Waals surface area (Å²) in [6.45, 7) is -1.56. The topological polar surface area (TPSA) is 206 Å². The molecule has 0 saturated carbocycles. The molecule has 0 radical (unpaired) electrons. The third-order valence-electron chi connectivity index (χ3n) is 2.20. The Balaban J connectivity index is 0. The van der Waals surface area contributed by atoms with E-state index >= 15 is 0 Å². The number of aliphatic hydroxyl groups is 5. The highest BCUT2D eigenvalue weighted by Crippen LogP contribution is 2.08. The van der Waals surface area contributed by atoms with Gasteiger partial charge in [-0.25, -0.2) is 9.59 Å². The van der Waals surface area contributed by atoms with E-state index in [0.717, 1.165) is 0 Å². The van der Waals surface area contributed by atoms with Crippen LogP contribution >= 0.6 is 0 Å². The van der Waals surface area contributed by atoms with Crippen molar-refractivity contribution < 1.29 is 44.6 Å². The van der Waals surface area contributed by atoms with Gasteiger partial charge in [0.1, 0.15) is 0 Å². The number of amides is 2. The predicted molar refractivity (Wildman–Crippen MR) is 67.9 cm³/mol. The van der Waals surface area contributed by atoms with Crippen molar-refractivity contribution in [3.63, 3.8) is 0 Å².